The molecule has 0 aliphatic rings. The van der Waals surface area contributed by atoms with Gasteiger partial charge in [-0.25, -0.2) is 0 Å². The van der Waals surface area contributed by atoms with Crippen LogP contribution in [0.3, 0.4) is 0 Å². The highest BCUT2D eigenvalue weighted by molar-refractivity contribution is 6.04. The van der Waals surface area contributed by atoms with Crippen LogP contribution in [0, 0.1) is 0 Å². The van der Waals surface area contributed by atoms with E-state index in [1.54, 1.807) is 0 Å². The van der Waals surface area contributed by atoms with Crippen molar-refractivity contribution in [3.05, 3.63) is 261 Å². The third kappa shape index (κ3) is 7.58. The summed E-state index contributed by atoms with van der Waals surface area (Å²) in [5, 5.41) is 4.99. The fraction of sp³-hybridized carbons (Fsp3) is 0. The van der Waals surface area contributed by atoms with Crippen LogP contribution in [0.1, 0.15) is 0 Å². The molecule has 0 fully saturated rings. The minimum Gasteiger partial charge on any atom is -0.311 e. The zero-order valence-corrected chi connectivity index (χ0v) is 34.8. The Bertz CT molecular complexity index is 3320. The van der Waals surface area contributed by atoms with Gasteiger partial charge in [-0.1, -0.05) is 218 Å². The predicted molar refractivity (Wildman–Crippen MR) is 269 cm³/mol. The summed E-state index contributed by atoms with van der Waals surface area (Å²) in [4.78, 5) is 2.36. The van der Waals surface area contributed by atoms with Crippen molar-refractivity contribution < 1.29 is 0 Å². The number of rotatable bonds is 9. The molecule has 0 heterocycles. The Kier molecular flexibility index (Phi) is 9.97. The molecule has 0 spiro atoms. The maximum absolute atomic E-state index is 2.36. The average molecular weight is 802 g/mol. The lowest BCUT2D eigenvalue weighted by molar-refractivity contribution is 1.28. The lowest BCUT2D eigenvalue weighted by Crippen LogP contribution is -2.09. The summed E-state index contributed by atoms with van der Waals surface area (Å²) in [6.45, 7) is 0. The van der Waals surface area contributed by atoms with Crippen molar-refractivity contribution >= 4 is 38.6 Å². The highest BCUT2D eigenvalue weighted by Crippen LogP contribution is 2.42. The van der Waals surface area contributed by atoms with Crippen molar-refractivity contribution in [1.29, 1.82) is 0 Å². The molecule has 0 amide bonds. The molecule has 296 valence electrons. The summed E-state index contributed by atoms with van der Waals surface area (Å²) in [5.41, 5.74) is 17.8. The van der Waals surface area contributed by atoms with Gasteiger partial charge in [0.05, 0.1) is 0 Å². The number of benzene rings is 11. The summed E-state index contributed by atoms with van der Waals surface area (Å²) in [6, 6.07) is 94.5. The second-order valence-electron chi connectivity index (χ2n) is 16.1. The third-order valence-electron chi connectivity index (χ3n) is 12.3. The van der Waals surface area contributed by atoms with Gasteiger partial charge >= 0.3 is 0 Å². The highest BCUT2D eigenvalue weighted by Gasteiger charge is 2.17. The van der Waals surface area contributed by atoms with Crippen LogP contribution in [0.25, 0.3) is 88.3 Å². The number of fused-ring (bicyclic) bond motifs is 2. The van der Waals surface area contributed by atoms with Crippen LogP contribution in [-0.2, 0) is 0 Å². The topological polar surface area (TPSA) is 3.24 Å². The van der Waals surface area contributed by atoms with Gasteiger partial charge in [-0.2, -0.15) is 0 Å². The van der Waals surface area contributed by atoms with Crippen LogP contribution in [0.5, 0.6) is 0 Å². The van der Waals surface area contributed by atoms with E-state index in [9.17, 15) is 0 Å². The molecule has 0 saturated heterocycles. The Morgan fingerprint density at radius 2 is 0.556 bits per heavy atom. The molecule has 11 rings (SSSR count). The van der Waals surface area contributed by atoms with Gasteiger partial charge < -0.3 is 4.90 Å². The maximum Gasteiger partial charge on any atom is 0.0462 e. The van der Waals surface area contributed by atoms with E-state index in [4.69, 9.17) is 0 Å². The minimum absolute atomic E-state index is 1.09. The standard InChI is InChI=1S/C62H43N/c1-3-11-44(12-4-1)46-19-21-47(22-20-46)49-29-36-57(37-30-49)63(58-38-31-50(32-39-58)48-23-25-51(26-24-48)56-28-27-45-13-7-8-17-55(45)43-56)59-40-33-54(34-41-59)62-60-18-10-9-16-53(60)35-42-61(62)52-14-5-2-6-15-52/h1-43H. The quantitative estimate of drug-likeness (QED) is 0.141. The fourth-order valence-electron chi connectivity index (χ4n) is 8.98. The van der Waals surface area contributed by atoms with E-state index >= 15 is 0 Å². The predicted octanol–water partition coefficient (Wildman–Crippen LogP) is 17.5. The van der Waals surface area contributed by atoms with Crippen molar-refractivity contribution in [3.63, 3.8) is 0 Å². The van der Waals surface area contributed by atoms with Crippen LogP contribution in [0.2, 0.25) is 0 Å². The first-order chi connectivity index (χ1) is 31.2. The molecule has 11 aromatic carbocycles. The lowest BCUT2D eigenvalue weighted by Gasteiger charge is -2.26. The average Bonchev–Trinajstić information content (AvgIpc) is 3.37. The molecule has 0 radical (unpaired) electrons. The summed E-state index contributed by atoms with van der Waals surface area (Å²) < 4.78 is 0. The number of nitrogens with zero attached hydrogens (tertiary/aromatic N) is 1. The SMILES string of the molecule is c1ccc(-c2ccc(-c3ccc(N(c4ccc(-c5ccc(-c6ccc7ccccc7c6)cc5)cc4)c4ccc(-c5c(-c6ccccc6)ccc6ccccc56)cc4)cc3)cc2)cc1. The van der Waals surface area contributed by atoms with Gasteiger partial charge in [-0.15, -0.1) is 0 Å². The summed E-state index contributed by atoms with van der Waals surface area (Å²) >= 11 is 0. The second kappa shape index (κ2) is 16.7. The number of hydrogen-bond donors (Lipinski definition) is 0. The molecule has 0 aliphatic carbocycles. The molecule has 0 unspecified atom stereocenters. The van der Waals surface area contributed by atoms with Gasteiger partial charge in [0.25, 0.3) is 0 Å². The monoisotopic (exact) mass is 801 g/mol. The first kappa shape index (κ1) is 37.7. The molecule has 1 heteroatoms. The van der Waals surface area contributed by atoms with Crippen LogP contribution in [0.15, 0.2) is 261 Å². The zero-order chi connectivity index (χ0) is 42.0. The Balaban J connectivity index is 0.943. The molecule has 0 aromatic heterocycles. The molecule has 0 atom stereocenters. The van der Waals surface area contributed by atoms with Gasteiger partial charge in [-0.05, 0) is 131 Å². The van der Waals surface area contributed by atoms with Crippen molar-refractivity contribution in [3.8, 4) is 66.8 Å². The third-order valence-corrected chi connectivity index (χ3v) is 12.3. The molecule has 0 saturated carbocycles. The van der Waals surface area contributed by atoms with E-state index in [1.165, 1.54) is 88.3 Å². The maximum atomic E-state index is 2.36. The van der Waals surface area contributed by atoms with Crippen molar-refractivity contribution in [1.82, 2.24) is 0 Å². The van der Waals surface area contributed by atoms with Crippen LogP contribution in [0.4, 0.5) is 17.1 Å². The van der Waals surface area contributed by atoms with E-state index in [1.807, 2.05) is 0 Å². The minimum atomic E-state index is 1.09. The van der Waals surface area contributed by atoms with Gasteiger partial charge in [0, 0.05) is 17.1 Å². The zero-order valence-electron chi connectivity index (χ0n) is 34.8. The molecule has 0 bridgehead atoms. The molecule has 11 aromatic rings. The Morgan fingerprint density at radius 1 is 0.206 bits per heavy atom. The summed E-state index contributed by atoms with van der Waals surface area (Å²) in [5.74, 6) is 0. The van der Waals surface area contributed by atoms with E-state index in [-0.39, 0.29) is 0 Å². The smallest absolute Gasteiger partial charge is 0.0462 e. The number of hydrogen-bond acceptors (Lipinski definition) is 1. The Hall–Kier alpha value is -8.26. The lowest BCUT2D eigenvalue weighted by atomic mass is 9.89. The van der Waals surface area contributed by atoms with Gasteiger partial charge in [0.2, 0.25) is 0 Å². The van der Waals surface area contributed by atoms with Gasteiger partial charge in [0.1, 0.15) is 0 Å². The van der Waals surface area contributed by atoms with E-state index in [2.05, 4.69) is 266 Å². The van der Waals surface area contributed by atoms with E-state index in [0.717, 1.165) is 17.1 Å². The Morgan fingerprint density at radius 3 is 1.08 bits per heavy atom. The molecule has 63 heavy (non-hydrogen) atoms. The van der Waals surface area contributed by atoms with Crippen LogP contribution >= 0.6 is 0 Å². The second-order valence-corrected chi connectivity index (χ2v) is 16.1. The first-order valence-corrected chi connectivity index (χ1v) is 21.7. The summed E-state index contributed by atoms with van der Waals surface area (Å²) in [7, 11) is 0. The van der Waals surface area contributed by atoms with E-state index in [0.29, 0.717) is 0 Å². The summed E-state index contributed by atoms with van der Waals surface area (Å²) in [6.07, 6.45) is 0. The van der Waals surface area contributed by atoms with Gasteiger partial charge in [-0.3, -0.25) is 0 Å². The molecule has 1 nitrogen and oxygen atoms in total. The molecule has 0 N–H and O–H groups in total. The largest absolute Gasteiger partial charge is 0.311 e. The van der Waals surface area contributed by atoms with Crippen molar-refractivity contribution in [2.45, 2.75) is 0 Å². The first-order valence-electron chi connectivity index (χ1n) is 21.7. The number of anilines is 3. The van der Waals surface area contributed by atoms with E-state index < -0.39 is 0 Å². The normalized spacial score (nSPS) is 11.2. The molecular formula is C62H43N. The molecular weight excluding hydrogens is 759 g/mol. The Labute approximate surface area is 369 Å². The highest BCUT2D eigenvalue weighted by atomic mass is 15.1. The van der Waals surface area contributed by atoms with Gasteiger partial charge in [0.15, 0.2) is 0 Å². The van der Waals surface area contributed by atoms with Crippen LogP contribution in [-0.4, -0.2) is 0 Å². The van der Waals surface area contributed by atoms with Crippen LogP contribution < -0.4 is 4.90 Å². The van der Waals surface area contributed by atoms with Crippen molar-refractivity contribution in [2.75, 3.05) is 4.90 Å². The fourth-order valence-corrected chi connectivity index (χ4v) is 8.98. The van der Waals surface area contributed by atoms with Crippen molar-refractivity contribution in [2.24, 2.45) is 0 Å². The molecule has 0 aliphatic heterocycles.